The molecule has 1 unspecified atom stereocenters. The molecular weight excluding hydrogens is 268 g/mol. The number of carbonyl (C=O) groups is 1. The number of carboxylic acids is 1. The van der Waals surface area contributed by atoms with Crippen molar-refractivity contribution >= 4 is 5.97 Å². The van der Waals surface area contributed by atoms with Gasteiger partial charge in [-0.05, 0) is 23.1 Å². The van der Waals surface area contributed by atoms with Crippen molar-refractivity contribution in [3.63, 3.8) is 0 Å². The number of ether oxygens (including phenoxy) is 1. The van der Waals surface area contributed by atoms with Gasteiger partial charge in [0.1, 0.15) is 0 Å². The maximum atomic E-state index is 11.3. The summed E-state index contributed by atoms with van der Waals surface area (Å²) in [6.07, 6.45) is -0.576. The van der Waals surface area contributed by atoms with Crippen molar-refractivity contribution < 1.29 is 19.7 Å². The van der Waals surface area contributed by atoms with Crippen LogP contribution in [0, 0.1) is 0 Å². The van der Waals surface area contributed by atoms with Crippen LogP contribution >= 0.6 is 0 Å². The van der Waals surface area contributed by atoms with Crippen LogP contribution in [0.15, 0.2) is 54.6 Å². The molecule has 2 N–H and O–H groups in total. The fourth-order valence-electron chi connectivity index (χ4n) is 2.06. The van der Waals surface area contributed by atoms with Gasteiger partial charge in [-0.3, -0.25) is 0 Å². The monoisotopic (exact) mass is 286 g/mol. The van der Waals surface area contributed by atoms with Gasteiger partial charge >= 0.3 is 5.97 Å². The van der Waals surface area contributed by atoms with Crippen molar-refractivity contribution in [2.24, 2.45) is 0 Å². The number of hydrogen-bond acceptors (Lipinski definition) is 3. The van der Waals surface area contributed by atoms with Crippen LogP contribution < -0.4 is 0 Å². The molecule has 4 nitrogen and oxygen atoms in total. The second-order valence-corrected chi connectivity index (χ2v) is 4.65. The van der Waals surface area contributed by atoms with E-state index in [2.05, 4.69) is 0 Å². The van der Waals surface area contributed by atoms with Crippen LogP contribution in [0.2, 0.25) is 0 Å². The van der Waals surface area contributed by atoms with E-state index in [4.69, 9.17) is 9.84 Å². The summed E-state index contributed by atoms with van der Waals surface area (Å²) < 4.78 is 5.32. The normalized spacial score (nSPS) is 12.0. The molecule has 0 aromatic heterocycles. The van der Waals surface area contributed by atoms with Gasteiger partial charge in [-0.25, -0.2) is 4.79 Å². The molecular formula is C17H18O4. The Hall–Kier alpha value is -2.17. The maximum absolute atomic E-state index is 11.3. The van der Waals surface area contributed by atoms with Gasteiger partial charge in [0.25, 0.3) is 0 Å². The van der Waals surface area contributed by atoms with Gasteiger partial charge in [-0.2, -0.15) is 0 Å². The smallest absolute Gasteiger partial charge is 0.337 e. The van der Waals surface area contributed by atoms with Gasteiger partial charge in [-0.15, -0.1) is 0 Å². The number of hydrogen-bond donors (Lipinski definition) is 2. The van der Waals surface area contributed by atoms with E-state index < -0.39 is 12.1 Å². The van der Waals surface area contributed by atoms with Crippen LogP contribution in [0.1, 0.15) is 18.1 Å². The Kier molecular flexibility index (Phi) is 5.49. The predicted molar refractivity (Wildman–Crippen MR) is 79.9 cm³/mol. The molecule has 0 aliphatic heterocycles. The van der Waals surface area contributed by atoms with Crippen molar-refractivity contribution in [2.75, 3.05) is 13.2 Å². The highest BCUT2D eigenvalue weighted by Gasteiger charge is 2.20. The van der Waals surface area contributed by atoms with Crippen molar-refractivity contribution in [1.29, 1.82) is 0 Å². The molecule has 0 heterocycles. The van der Waals surface area contributed by atoms with E-state index in [9.17, 15) is 9.90 Å². The fourth-order valence-corrected chi connectivity index (χ4v) is 2.06. The Morgan fingerprint density at radius 2 is 1.62 bits per heavy atom. The second kappa shape index (κ2) is 7.57. The summed E-state index contributed by atoms with van der Waals surface area (Å²) in [5.74, 6) is -1.03. The molecule has 0 saturated carbocycles. The molecule has 0 aliphatic carbocycles. The van der Waals surface area contributed by atoms with Crippen molar-refractivity contribution in [1.82, 2.24) is 0 Å². The number of carboxylic acid groups (broad SMARTS) is 1. The Balaban J connectivity index is 2.14. The van der Waals surface area contributed by atoms with E-state index in [0.29, 0.717) is 12.0 Å². The van der Waals surface area contributed by atoms with Gasteiger partial charge < -0.3 is 14.9 Å². The first-order valence-electron chi connectivity index (χ1n) is 6.83. The molecule has 2 rings (SSSR count). The van der Waals surface area contributed by atoms with Crippen LogP contribution in [-0.4, -0.2) is 29.4 Å². The van der Waals surface area contributed by atoms with E-state index in [1.54, 1.807) is 12.1 Å². The molecule has 21 heavy (non-hydrogen) atoms. The van der Waals surface area contributed by atoms with Crippen LogP contribution in [0.5, 0.6) is 0 Å². The average Bonchev–Trinajstić information content (AvgIpc) is 2.52. The summed E-state index contributed by atoms with van der Waals surface area (Å²) in [6.45, 7) is 0.202. The topological polar surface area (TPSA) is 66.8 Å². The molecule has 2 aromatic carbocycles. The first kappa shape index (κ1) is 15.2. The minimum absolute atomic E-state index is 0.0146. The molecule has 0 aliphatic rings. The van der Waals surface area contributed by atoms with E-state index in [1.165, 1.54) is 0 Å². The van der Waals surface area contributed by atoms with Crippen LogP contribution in [-0.2, 0) is 9.53 Å². The van der Waals surface area contributed by atoms with Crippen molar-refractivity contribution in [3.8, 4) is 11.1 Å². The molecule has 1 atom stereocenters. The quantitative estimate of drug-likeness (QED) is 0.768. The first-order chi connectivity index (χ1) is 10.2. The summed E-state index contributed by atoms with van der Waals surface area (Å²) in [5, 5.41) is 17.9. The van der Waals surface area contributed by atoms with E-state index >= 15 is 0 Å². The minimum Gasteiger partial charge on any atom is -0.479 e. The van der Waals surface area contributed by atoms with E-state index in [0.717, 1.165) is 11.1 Å². The Bertz CT molecular complexity index is 563. The highest BCUT2D eigenvalue weighted by Crippen LogP contribution is 2.23. The largest absolute Gasteiger partial charge is 0.479 e. The Labute approximate surface area is 123 Å². The van der Waals surface area contributed by atoms with Crippen molar-refractivity contribution in [3.05, 3.63) is 60.2 Å². The fraction of sp³-hybridized carbons (Fsp3) is 0.235. The van der Waals surface area contributed by atoms with Crippen LogP contribution in [0.4, 0.5) is 0 Å². The summed E-state index contributed by atoms with van der Waals surface area (Å²) in [4.78, 5) is 11.3. The lowest BCUT2D eigenvalue weighted by Crippen LogP contribution is -2.16. The second-order valence-electron chi connectivity index (χ2n) is 4.65. The third-order valence-electron chi connectivity index (χ3n) is 3.13. The predicted octanol–water partition coefficient (Wildman–Crippen LogP) is 2.88. The number of aliphatic carboxylic acids is 1. The summed E-state index contributed by atoms with van der Waals surface area (Å²) in [5.41, 5.74) is 2.70. The van der Waals surface area contributed by atoms with Crippen LogP contribution in [0.3, 0.4) is 0 Å². The number of benzene rings is 2. The molecule has 0 amide bonds. The summed E-state index contributed by atoms with van der Waals surface area (Å²) in [6, 6.07) is 17.2. The van der Waals surface area contributed by atoms with Gasteiger partial charge in [0.2, 0.25) is 0 Å². The zero-order valence-corrected chi connectivity index (χ0v) is 11.6. The van der Waals surface area contributed by atoms with E-state index in [-0.39, 0.29) is 13.2 Å². The zero-order chi connectivity index (χ0) is 15.1. The molecule has 0 bridgehead atoms. The average molecular weight is 286 g/mol. The lowest BCUT2D eigenvalue weighted by molar-refractivity contribution is -0.151. The molecule has 0 spiro atoms. The highest BCUT2D eigenvalue weighted by molar-refractivity contribution is 5.75. The molecule has 4 heteroatoms. The van der Waals surface area contributed by atoms with Gasteiger partial charge in [0.05, 0.1) is 6.61 Å². The molecule has 2 aromatic rings. The zero-order valence-electron chi connectivity index (χ0n) is 11.6. The number of rotatable bonds is 7. The molecule has 110 valence electrons. The lowest BCUT2D eigenvalue weighted by Gasteiger charge is -2.14. The number of aliphatic hydroxyl groups excluding tert-OH is 1. The Morgan fingerprint density at radius 3 is 2.19 bits per heavy atom. The third kappa shape index (κ3) is 4.15. The maximum Gasteiger partial charge on any atom is 0.337 e. The SMILES string of the molecule is O=C(O)C(OCCCO)c1ccc(-c2ccccc2)cc1. The summed E-state index contributed by atoms with van der Waals surface area (Å²) >= 11 is 0. The Morgan fingerprint density at radius 1 is 1.00 bits per heavy atom. The lowest BCUT2D eigenvalue weighted by atomic mass is 10.0. The van der Waals surface area contributed by atoms with Crippen LogP contribution in [0.25, 0.3) is 11.1 Å². The third-order valence-corrected chi connectivity index (χ3v) is 3.13. The molecule has 0 radical (unpaired) electrons. The molecule has 0 fully saturated rings. The van der Waals surface area contributed by atoms with Gasteiger partial charge in [0.15, 0.2) is 6.10 Å². The molecule has 0 saturated heterocycles. The number of aliphatic hydroxyl groups is 1. The van der Waals surface area contributed by atoms with E-state index in [1.807, 2.05) is 42.5 Å². The highest BCUT2D eigenvalue weighted by atomic mass is 16.5. The summed E-state index contributed by atoms with van der Waals surface area (Å²) in [7, 11) is 0. The first-order valence-corrected chi connectivity index (χ1v) is 6.83. The van der Waals surface area contributed by atoms with Gasteiger partial charge in [0, 0.05) is 6.61 Å². The van der Waals surface area contributed by atoms with Crippen molar-refractivity contribution in [2.45, 2.75) is 12.5 Å². The standard InChI is InChI=1S/C17H18O4/c18-11-4-12-21-16(17(19)20)15-9-7-14(8-10-15)13-5-2-1-3-6-13/h1-3,5-10,16,18H,4,11-12H2,(H,19,20). The minimum atomic E-state index is -1.03. The van der Waals surface area contributed by atoms with Gasteiger partial charge in [-0.1, -0.05) is 54.6 Å².